The molecule has 3 aromatic carbocycles. The van der Waals surface area contributed by atoms with Crippen LogP contribution in [-0.2, 0) is 20.2 Å². The van der Waals surface area contributed by atoms with Gasteiger partial charge in [-0.3, -0.25) is 0 Å². The largest absolute Gasteiger partial charge is 0.489 e. The van der Waals surface area contributed by atoms with Crippen molar-refractivity contribution in [1.29, 1.82) is 0 Å². The molecule has 146 valence electrons. The van der Waals surface area contributed by atoms with E-state index >= 15 is 0 Å². The number of hydrogen-bond donors (Lipinski definition) is 1. The number of halogens is 1. The Morgan fingerprint density at radius 1 is 0.931 bits per heavy atom. The molecule has 0 bridgehead atoms. The summed E-state index contributed by atoms with van der Waals surface area (Å²) in [4.78, 5) is 4.54. The molecule has 1 N–H and O–H groups in total. The number of imidazole rings is 1. The van der Waals surface area contributed by atoms with E-state index in [1.165, 1.54) is 0 Å². The molecule has 0 saturated heterocycles. The minimum atomic E-state index is 0.563. The van der Waals surface area contributed by atoms with Crippen LogP contribution in [0.4, 0.5) is 5.95 Å². The molecule has 29 heavy (non-hydrogen) atoms. The molecule has 1 aromatic heterocycles. The first-order valence-corrected chi connectivity index (χ1v) is 10.3. The second-order valence-corrected chi connectivity index (χ2v) is 7.73. The van der Waals surface area contributed by atoms with E-state index in [1.54, 1.807) is 0 Å². The monoisotopic (exact) mass is 447 g/mol. The normalized spacial score (nSPS) is 10.7. The average Bonchev–Trinajstić information content (AvgIpc) is 3.12. The molecular formula is C24H22BrN3O. The van der Waals surface area contributed by atoms with Crippen LogP contribution >= 0.6 is 15.9 Å². The third-order valence-electron chi connectivity index (χ3n) is 4.71. The lowest BCUT2D eigenvalue weighted by atomic mass is 10.2. The molecule has 4 rings (SSSR count). The highest BCUT2D eigenvalue weighted by atomic mass is 79.9. The first kappa shape index (κ1) is 19.3. The average molecular weight is 448 g/mol. The molecule has 0 atom stereocenters. The number of rotatable bonds is 7. The topological polar surface area (TPSA) is 39.1 Å². The molecule has 0 spiro atoms. The molecule has 4 nitrogen and oxygen atoms in total. The molecule has 0 radical (unpaired) electrons. The van der Waals surface area contributed by atoms with Gasteiger partial charge in [-0.2, -0.15) is 0 Å². The van der Waals surface area contributed by atoms with Crippen molar-refractivity contribution < 1.29 is 4.74 Å². The van der Waals surface area contributed by atoms with Gasteiger partial charge in [-0.05, 0) is 35.4 Å². The maximum Gasteiger partial charge on any atom is 0.203 e. The maximum absolute atomic E-state index is 5.93. The van der Waals surface area contributed by atoms with Gasteiger partial charge in [0.1, 0.15) is 12.4 Å². The summed E-state index contributed by atoms with van der Waals surface area (Å²) >= 11 is 3.53. The maximum atomic E-state index is 5.93. The Morgan fingerprint density at radius 2 is 1.72 bits per heavy atom. The lowest BCUT2D eigenvalue weighted by Gasteiger charge is -2.11. The Bertz CT molecular complexity index is 1090. The van der Waals surface area contributed by atoms with E-state index in [1.807, 2.05) is 55.7 Å². The number of ether oxygens (including phenoxy) is 1. The fourth-order valence-corrected chi connectivity index (χ4v) is 3.56. The highest BCUT2D eigenvalue weighted by Gasteiger charge is 2.09. The minimum Gasteiger partial charge on any atom is -0.489 e. The van der Waals surface area contributed by atoms with Gasteiger partial charge >= 0.3 is 0 Å². The van der Waals surface area contributed by atoms with E-state index < -0.39 is 0 Å². The van der Waals surface area contributed by atoms with E-state index in [0.29, 0.717) is 13.2 Å². The summed E-state index contributed by atoms with van der Waals surface area (Å²) in [6.07, 6.45) is 1.89. The van der Waals surface area contributed by atoms with Crippen molar-refractivity contribution in [2.45, 2.75) is 13.2 Å². The number of benzene rings is 3. The van der Waals surface area contributed by atoms with Gasteiger partial charge in [-0.1, -0.05) is 70.5 Å². The number of aromatic nitrogens is 2. The Morgan fingerprint density at radius 3 is 2.55 bits per heavy atom. The second kappa shape index (κ2) is 8.97. The van der Waals surface area contributed by atoms with E-state index in [4.69, 9.17) is 4.74 Å². The molecule has 0 fully saturated rings. The minimum absolute atomic E-state index is 0.563. The molecule has 0 aliphatic carbocycles. The summed E-state index contributed by atoms with van der Waals surface area (Å²) in [5, 5.41) is 3.42. The van der Waals surface area contributed by atoms with Crippen LogP contribution in [0.1, 0.15) is 11.1 Å². The highest BCUT2D eigenvalue weighted by Crippen LogP contribution is 2.25. The number of hydrogen-bond acceptors (Lipinski definition) is 3. The van der Waals surface area contributed by atoms with Crippen molar-refractivity contribution in [3.8, 4) is 17.0 Å². The summed E-state index contributed by atoms with van der Waals surface area (Å²) in [7, 11) is 2.02. The lowest BCUT2D eigenvalue weighted by Crippen LogP contribution is -2.06. The Balaban J connectivity index is 1.40. The van der Waals surface area contributed by atoms with Gasteiger partial charge in [-0.15, -0.1) is 0 Å². The molecule has 0 unspecified atom stereocenters. The lowest BCUT2D eigenvalue weighted by molar-refractivity contribution is 0.306. The van der Waals surface area contributed by atoms with Crippen LogP contribution in [0.3, 0.4) is 0 Å². The van der Waals surface area contributed by atoms with Crippen LogP contribution in [0.2, 0.25) is 0 Å². The third-order valence-corrected chi connectivity index (χ3v) is 5.20. The Kier molecular flexibility index (Phi) is 5.96. The molecule has 1 heterocycles. The molecule has 0 amide bonds. The summed E-state index contributed by atoms with van der Waals surface area (Å²) in [6, 6.07) is 26.6. The fraction of sp³-hybridized carbons (Fsp3) is 0.125. The van der Waals surface area contributed by atoms with Gasteiger partial charge in [-0.25, -0.2) is 4.98 Å². The van der Waals surface area contributed by atoms with Crippen molar-refractivity contribution in [3.63, 3.8) is 0 Å². The zero-order valence-electron chi connectivity index (χ0n) is 16.2. The Hall–Kier alpha value is -3.05. The molecule has 4 aromatic rings. The molecule has 0 aliphatic heterocycles. The van der Waals surface area contributed by atoms with Gasteiger partial charge in [0.2, 0.25) is 5.95 Å². The fourth-order valence-electron chi connectivity index (χ4n) is 3.16. The number of nitrogens with zero attached hydrogens (tertiary/aromatic N) is 2. The van der Waals surface area contributed by atoms with Crippen molar-refractivity contribution in [3.05, 3.63) is 101 Å². The first-order chi connectivity index (χ1) is 14.2. The van der Waals surface area contributed by atoms with Gasteiger partial charge in [0.05, 0.1) is 11.9 Å². The van der Waals surface area contributed by atoms with E-state index in [9.17, 15) is 0 Å². The van der Waals surface area contributed by atoms with Crippen LogP contribution in [0.5, 0.6) is 5.75 Å². The molecular weight excluding hydrogens is 426 g/mol. The number of nitrogens with one attached hydrogen (secondary N) is 1. The molecule has 0 aliphatic rings. The van der Waals surface area contributed by atoms with Gasteiger partial charge in [0.15, 0.2) is 0 Å². The quantitative estimate of drug-likeness (QED) is 0.375. The van der Waals surface area contributed by atoms with Crippen LogP contribution < -0.4 is 10.1 Å². The molecule has 0 saturated carbocycles. The van der Waals surface area contributed by atoms with Crippen molar-refractivity contribution >= 4 is 21.9 Å². The predicted molar refractivity (Wildman–Crippen MR) is 121 cm³/mol. The second-order valence-electron chi connectivity index (χ2n) is 6.81. The van der Waals surface area contributed by atoms with E-state index in [-0.39, 0.29) is 0 Å². The van der Waals surface area contributed by atoms with E-state index in [0.717, 1.165) is 38.6 Å². The summed E-state index contributed by atoms with van der Waals surface area (Å²) in [5.74, 6) is 1.69. The van der Waals surface area contributed by atoms with Crippen LogP contribution in [0.15, 0.2) is 89.5 Å². The predicted octanol–water partition coefficient (Wildman–Crippen LogP) is 6.04. The van der Waals surface area contributed by atoms with Crippen molar-refractivity contribution in [2.24, 2.45) is 7.05 Å². The number of anilines is 1. The Labute approximate surface area is 179 Å². The molecule has 5 heteroatoms. The van der Waals surface area contributed by atoms with Crippen LogP contribution in [0.25, 0.3) is 11.3 Å². The third kappa shape index (κ3) is 4.87. The van der Waals surface area contributed by atoms with E-state index in [2.05, 4.69) is 67.2 Å². The van der Waals surface area contributed by atoms with Gasteiger partial charge < -0.3 is 14.6 Å². The summed E-state index contributed by atoms with van der Waals surface area (Å²) in [5.41, 5.74) is 4.49. The standard InChI is InChI=1S/C24H22BrN3O/c1-28-23(20-10-6-11-21(25)14-20)16-27-24(28)26-15-19-9-5-12-22(13-19)29-17-18-7-3-2-4-8-18/h2-14,16H,15,17H2,1H3,(H,26,27). The zero-order chi connectivity index (χ0) is 20.1. The smallest absolute Gasteiger partial charge is 0.203 e. The van der Waals surface area contributed by atoms with Crippen molar-refractivity contribution in [1.82, 2.24) is 9.55 Å². The van der Waals surface area contributed by atoms with Crippen LogP contribution in [-0.4, -0.2) is 9.55 Å². The highest BCUT2D eigenvalue weighted by molar-refractivity contribution is 9.10. The summed E-state index contributed by atoms with van der Waals surface area (Å²) < 4.78 is 9.05. The van der Waals surface area contributed by atoms with Crippen molar-refractivity contribution in [2.75, 3.05) is 5.32 Å². The van der Waals surface area contributed by atoms with Crippen LogP contribution in [0, 0.1) is 0 Å². The first-order valence-electron chi connectivity index (χ1n) is 9.46. The SMILES string of the molecule is Cn1c(-c2cccc(Br)c2)cnc1NCc1cccc(OCc2ccccc2)c1. The van der Waals surface area contributed by atoms with Gasteiger partial charge in [0, 0.05) is 23.6 Å². The van der Waals surface area contributed by atoms with Gasteiger partial charge in [0.25, 0.3) is 0 Å². The summed E-state index contributed by atoms with van der Waals surface area (Å²) in [6.45, 7) is 1.23. The zero-order valence-corrected chi connectivity index (χ0v) is 17.8.